The molecule has 0 spiro atoms. The van der Waals surface area contributed by atoms with Gasteiger partial charge >= 0.3 is 5.97 Å². The van der Waals surface area contributed by atoms with Gasteiger partial charge in [-0.15, -0.1) is 0 Å². The van der Waals surface area contributed by atoms with Gasteiger partial charge in [0.25, 0.3) is 5.91 Å². The first-order valence-electron chi connectivity index (χ1n) is 9.03. The molecule has 7 nitrogen and oxygen atoms in total. The summed E-state index contributed by atoms with van der Waals surface area (Å²) in [6.45, 7) is 0.563. The number of aromatic nitrogens is 2. The van der Waals surface area contributed by atoms with Gasteiger partial charge in [0, 0.05) is 36.6 Å². The van der Waals surface area contributed by atoms with E-state index in [4.69, 9.17) is 4.52 Å². The minimum absolute atomic E-state index is 0.218. The zero-order valence-corrected chi connectivity index (χ0v) is 14.4. The van der Waals surface area contributed by atoms with Gasteiger partial charge in [-0.25, -0.2) is 0 Å². The van der Waals surface area contributed by atoms with Crippen LogP contribution in [0, 0.1) is 5.41 Å². The van der Waals surface area contributed by atoms with E-state index >= 15 is 0 Å². The highest BCUT2D eigenvalue weighted by atomic mass is 16.5. The molecule has 2 atom stereocenters. The van der Waals surface area contributed by atoms with E-state index in [1.807, 2.05) is 6.07 Å². The van der Waals surface area contributed by atoms with E-state index in [0.717, 1.165) is 24.8 Å². The molecule has 0 radical (unpaired) electrons. The van der Waals surface area contributed by atoms with E-state index < -0.39 is 11.4 Å². The maximum absolute atomic E-state index is 13.1. The molecule has 3 heterocycles. The van der Waals surface area contributed by atoms with Crippen LogP contribution in [0.15, 0.2) is 35.1 Å². The number of carboxylic acids is 1. The number of hydrogen-bond donors (Lipinski definition) is 1. The molecule has 2 fully saturated rings. The van der Waals surface area contributed by atoms with Gasteiger partial charge < -0.3 is 14.5 Å². The molecule has 1 aliphatic heterocycles. The summed E-state index contributed by atoms with van der Waals surface area (Å²) in [4.78, 5) is 30.8. The van der Waals surface area contributed by atoms with Crippen molar-refractivity contribution in [2.75, 3.05) is 6.54 Å². The lowest BCUT2D eigenvalue weighted by Crippen LogP contribution is -2.59. The summed E-state index contributed by atoms with van der Waals surface area (Å²) in [6.07, 6.45) is 7.85. The van der Waals surface area contributed by atoms with E-state index in [2.05, 4.69) is 10.1 Å². The van der Waals surface area contributed by atoms with Crippen LogP contribution in [0.3, 0.4) is 0 Å². The normalized spacial score (nSPS) is 25.5. The molecule has 0 unspecified atom stereocenters. The molecule has 7 heteroatoms. The van der Waals surface area contributed by atoms with Crippen LogP contribution in [-0.4, -0.2) is 44.6 Å². The number of fused-ring (bicyclic) bond motifs is 1. The van der Waals surface area contributed by atoms with Crippen LogP contribution >= 0.6 is 0 Å². The fraction of sp³-hybridized carbons (Fsp3) is 0.474. The summed E-state index contributed by atoms with van der Waals surface area (Å²) < 4.78 is 5.32. The Kier molecular flexibility index (Phi) is 4.22. The number of rotatable bonds is 3. The molecule has 0 bridgehead atoms. The van der Waals surface area contributed by atoms with Crippen molar-refractivity contribution in [1.82, 2.24) is 15.0 Å². The number of likely N-dealkylation sites (tertiary alicyclic amines) is 1. The van der Waals surface area contributed by atoms with Crippen LogP contribution in [0.4, 0.5) is 0 Å². The Balaban J connectivity index is 1.62. The molecule has 2 aliphatic rings. The van der Waals surface area contributed by atoms with Crippen molar-refractivity contribution in [3.05, 3.63) is 36.3 Å². The van der Waals surface area contributed by atoms with Crippen LogP contribution in [0.5, 0.6) is 0 Å². The predicted octanol–water partition coefficient (Wildman–Crippen LogP) is 2.99. The van der Waals surface area contributed by atoms with Crippen LogP contribution in [-0.2, 0) is 4.79 Å². The molecule has 1 aliphatic carbocycles. The predicted molar refractivity (Wildman–Crippen MR) is 92.3 cm³/mol. The minimum Gasteiger partial charge on any atom is -0.481 e. The van der Waals surface area contributed by atoms with Gasteiger partial charge in [-0.05, 0) is 37.8 Å². The number of piperidine rings is 1. The number of hydrogen-bond acceptors (Lipinski definition) is 5. The maximum atomic E-state index is 13.1. The summed E-state index contributed by atoms with van der Waals surface area (Å²) in [6, 6.07) is 4.96. The van der Waals surface area contributed by atoms with Gasteiger partial charge in [0.2, 0.25) is 0 Å². The highest BCUT2D eigenvalue weighted by molar-refractivity contribution is 5.94. The number of amides is 1. The second kappa shape index (κ2) is 6.55. The molecule has 1 amide bonds. The molecule has 1 N–H and O–H groups in total. The summed E-state index contributed by atoms with van der Waals surface area (Å²) in [7, 11) is 0. The molecule has 2 aromatic heterocycles. The molecule has 26 heavy (non-hydrogen) atoms. The van der Waals surface area contributed by atoms with Gasteiger partial charge in [-0.3, -0.25) is 14.6 Å². The third kappa shape index (κ3) is 2.67. The first-order valence-corrected chi connectivity index (χ1v) is 9.03. The highest BCUT2D eigenvalue weighted by Crippen LogP contribution is 2.46. The lowest BCUT2D eigenvalue weighted by atomic mass is 9.65. The lowest BCUT2D eigenvalue weighted by Gasteiger charge is -2.50. The van der Waals surface area contributed by atoms with E-state index in [9.17, 15) is 14.7 Å². The third-order valence-electron chi connectivity index (χ3n) is 5.75. The monoisotopic (exact) mass is 355 g/mol. The minimum atomic E-state index is -0.817. The standard InChI is InChI=1S/C19H21N3O4/c23-17(14-11-15(26-21-14)13-5-3-9-20-12-13)22-10-4-8-19(18(24)25)7-2-1-6-16(19)22/h3,5,9,11-12,16H,1-2,4,6-8,10H2,(H,24,25)/t16-,19-/m0/s1. The van der Waals surface area contributed by atoms with Crippen LogP contribution < -0.4 is 0 Å². The van der Waals surface area contributed by atoms with Crippen molar-refractivity contribution < 1.29 is 19.2 Å². The Bertz CT molecular complexity index is 815. The van der Waals surface area contributed by atoms with Crippen molar-refractivity contribution in [2.24, 2.45) is 5.41 Å². The smallest absolute Gasteiger partial charge is 0.311 e. The van der Waals surface area contributed by atoms with Gasteiger partial charge in [0.15, 0.2) is 11.5 Å². The maximum Gasteiger partial charge on any atom is 0.311 e. The number of carbonyl (C=O) groups is 2. The number of carbonyl (C=O) groups excluding carboxylic acids is 1. The van der Waals surface area contributed by atoms with Crippen molar-refractivity contribution in [2.45, 2.75) is 44.6 Å². The average Bonchev–Trinajstić information content (AvgIpc) is 3.17. The van der Waals surface area contributed by atoms with Crippen molar-refractivity contribution in [1.29, 1.82) is 0 Å². The average molecular weight is 355 g/mol. The van der Waals surface area contributed by atoms with Crippen LogP contribution in [0.1, 0.15) is 49.0 Å². The molecule has 1 saturated carbocycles. The van der Waals surface area contributed by atoms with Gasteiger partial charge in [-0.2, -0.15) is 0 Å². The number of aliphatic carboxylic acids is 1. The van der Waals surface area contributed by atoms with Gasteiger partial charge in [0.1, 0.15) is 0 Å². The molecule has 136 valence electrons. The van der Waals surface area contributed by atoms with Crippen molar-refractivity contribution in [3.63, 3.8) is 0 Å². The lowest BCUT2D eigenvalue weighted by molar-refractivity contribution is -0.159. The van der Waals surface area contributed by atoms with Crippen molar-refractivity contribution in [3.8, 4) is 11.3 Å². The summed E-state index contributed by atoms with van der Waals surface area (Å²) in [5.41, 5.74) is 0.146. The second-order valence-corrected chi connectivity index (χ2v) is 7.14. The molecule has 0 aromatic carbocycles. The van der Waals surface area contributed by atoms with E-state index in [0.29, 0.717) is 31.6 Å². The Morgan fingerprint density at radius 3 is 2.88 bits per heavy atom. The number of carboxylic acid groups (broad SMARTS) is 1. The molecular formula is C19H21N3O4. The zero-order chi connectivity index (χ0) is 18.1. The Labute approximate surface area is 151 Å². The summed E-state index contributed by atoms with van der Waals surface area (Å²) in [5, 5.41) is 13.8. The van der Waals surface area contributed by atoms with Crippen LogP contribution in [0.2, 0.25) is 0 Å². The Hall–Kier alpha value is -2.70. The van der Waals surface area contributed by atoms with Gasteiger partial charge in [-0.1, -0.05) is 18.0 Å². The first-order chi connectivity index (χ1) is 12.6. The fourth-order valence-electron chi connectivity index (χ4n) is 4.45. The van der Waals surface area contributed by atoms with Crippen molar-refractivity contribution >= 4 is 11.9 Å². The van der Waals surface area contributed by atoms with Gasteiger partial charge in [0.05, 0.1) is 5.41 Å². The Morgan fingerprint density at radius 2 is 2.12 bits per heavy atom. The topological polar surface area (TPSA) is 96.5 Å². The summed E-state index contributed by atoms with van der Waals surface area (Å²) >= 11 is 0. The summed E-state index contributed by atoms with van der Waals surface area (Å²) in [5.74, 6) is -0.552. The fourth-order valence-corrected chi connectivity index (χ4v) is 4.45. The number of pyridine rings is 1. The Morgan fingerprint density at radius 1 is 1.27 bits per heavy atom. The highest BCUT2D eigenvalue weighted by Gasteiger charge is 2.52. The van der Waals surface area contributed by atoms with E-state index in [-0.39, 0.29) is 17.6 Å². The molecule has 1 saturated heterocycles. The molecule has 4 rings (SSSR count). The quantitative estimate of drug-likeness (QED) is 0.909. The third-order valence-corrected chi connectivity index (χ3v) is 5.75. The molecular weight excluding hydrogens is 334 g/mol. The van der Waals surface area contributed by atoms with E-state index in [1.54, 1.807) is 29.4 Å². The van der Waals surface area contributed by atoms with Crippen LogP contribution in [0.25, 0.3) is 11.3 Å². The second-order valence-electron chi connectivity index (χ2n) is 7.14. The number of nitrogens with zero attached hydrogens (tertiary/aromatic N) is 3. The molecule has 2 aromatic rings. The largest absolute Gasteiger partial charge is 0.481 e. The SMILES string of the molecule is O=C(c1cc(-c2cccnc2)on1)N1CCC[C@@]2(C(=O)O)CCCC[C@H]12. The first kappa shape index (κ1) is 16.8. The van der Waals surface area contributed by atoms with E-state index in [1.165, 1.54) is 0 Å². The zero-order valence-electron chi connectivity index (χ0n) is 14.4.